The zero-order valence-corrected chi connectivity index (χ0v) is 15.2. The second-order valence-electron chi connectivity index (χ2n) is 5.29. The molecule has 1 heterocycles. The van der Waals surface area contributed by atoms with Crippen LogP contribution in [0, 0.1) is 5.92 Å². The summed E-state index contributed by atoms with van der Waals surface area (Å²) in [5.74, 6) is -1.35. The van der Waals surface area contributed by atoms with Crippen LogP contribution >= 0.6 is 23.2 Å². The highest BCUT2D eigenvalue weighted by molar-refractivity contribution is 6.38. The number of nitrogens with zero attached hydrogens (tertiary/aromatic N) is 1. The van der Waals surface area contributed by atoms with Crippen molar-refractivity contribution in [2.45, 2.75) is 26.8 Å². The van der Waals surface area contributed by atoms with Crippen LogP contribution in [0.25, 0.3) is 0 Å². The predicted molar refractivity (Wildman–Crippen MR) is 92.2 cm³/mol. The Morgan fingerprint density at radius 3 is 2.62 bits per heavy atom. The van der Waals surface area contributed by atoms with Crippen molar-refractivity contribution in [1.82, 2.24) is 10.3 Å². The molecule has 0 saturated carbocycles. The Labute approximate surface area is 150 Å². The van der Waals surface area contributed by atoms with Gasteiger partial charge >= 0.3 is 5.97 Å². The van der Waals surface area contributed by atoms with Crippen molar-refractivity contribution in [1.29, 1.82) is 0 Å². The number of aliphatic hydroxyl groups is 1. The van der Waals surface area contributed by atoms with E-state index in [-0.39, 0.29) is 46.5 Å². The molecule has 6 nitrogen and oxygen atoms in total. The summed E-state index contributed by atoms with van der Waals surface area (Å²) in [7, 11) is 0. The number of halogens is 2. The van der Waals surface area contributed by atoms with Crippen LogP contribution in [0.15, 0.2) is 24.0 Å². The number of Topliss-reactive ketones (excluding diaryl/α,β-unsaturated/α-hetero) is 1. The molecule has 1 aromatic rings. The number of ketones is 1. The number of hydrogen-bond donors (Lipinski definition) is 2. The Morgan fingerprint density at radius 2 is 2.08 bits per heavy atom. The number of aliphatic hydroxyl groups excluding tert-OH is 1. The first kappa shape index (κ1) is 20.4. The Hall–Kier alpha value is -1.63. The monoisotopic (exact) mass is 374 g/mol. The van der Waals surface area contributed by atoms with E-state index < -0.39 is 11.8 Å². The van der Waals surface area contributed by atoms with Gasteiger partial charge in [0.15, 0.2) is 0 Å². The third kappa shape index (κ3) is 5.47. The molecule has 8 heteroatoms. The molecule has 132 valence electrons. The van der Waals surface area contributed by atoms with E-state index in [1.807, 2.05) is 13.8 Å². The summed E-state index contributed by atoms with van der Waals surface area (Å²) in [6.45, 7) is 5.39. The standard InChI is InChI=1S/C16H20Cl2N2O4/c1-4-24-16(23)11(6-19-13(8-21)9(2)3)15(22)10-5-14(18)20-7-12(10)17/h5-7,9,13,19,21H,4,8H2,1-3H3/b11-6-/t13-/m1/s1. The summed E-state index contributed by atoms with van der Waals surface area (Å²) in [4.78, 5) is 28.6. The van der Waals surface area contributed by atoms with Crippen LogP contribution in [-0.2, 0) is 9.53 Å². The van der Waals surface area contributed by atoms with Gasteiger partial charge in [0.25, 0.3) is 0 Å². The van der Waals surface area contributed by atoms with Crippen LogP contribution in [0.1, 0.15) is 31.1 Å². The number of carbonyl (C=O) groups is 2. The third-order valence-corrected chi connectivity index (χ3v) is 3.76. The zero-order valence-electron chi connectivity index (χ0n) is 13.7. The van der Waals surface area contributed by atoms with Crippen molar-refractivity contribution in [2.24, 2.45) is 5.92 Å². The molecule has 1 atom stereocenters. The minimum atomic E-state index is -0.792. The lowest BCUT2D eigenvalue weighted by Gasteiger charge is -2.19. The number of hydrogen-bond acceptors (Lipinski definition) is 6. The molecule has 0 spiro atoms. The number of esters is 1. The molecule has 0 amide bonds. The van der Waals surface area contributed by atoms with Gasteiger partial charge in [0, 0.05) is 18.0 Å². The molecule has 0 aliphatic rings. The molecule has 0 saturated heterocycles. The van der Waals surface area contributed by atoms with E-state index in [9.17, 15) is 14.7 Å². The Kier molecular flexibility index (Phi) is 8.18. The molecule has 1 rings (SSSR count). The Bertz CT molecular complexity index is 633. The van der Waals surface area contributed by atoms with Crippen molar-refractivity contribution >= 4 is 35.0 Å². The zero-order chi connectivity index (χ0) is 18.3. The lowest BCUT2D eigenvalue weighted by atomic mass is 10.0. The minimum Gasteiger partial charge on any atom is -0.462 e. The van der Waals surface area contributed by atoms with Crippen LogP contribution < -0.4 is 5.32 Å². The smallest absolute Gasteiger partial charge is 0.343 e. The van der Waals surface area contributed by atoms with Crippen LogP contribution in [0.2, 0.25) is 10.2 Å². The first-order valence-corrected chi connectivity index (χ1v) is 8.17. The molecule has 0 unspecified atom stereocenters. The molecule has 24 heavy (non-hydrogen) atoms. The quantitative estimate of drug-likeness (QED) is 0.181. The van der Waals surface area contributed by atoms with Gasteiger partial charge in [-0.2, -0.15) is 0 Å². The summed E-state index contributed by atoms with van der Waals surface area (Å²) in [5.41, 5.74) is -0.192. The van der Waals surface area contributed by atoms with Crippen LogP contribution in [0.5, 0.6) is 0 Å². The largest absolute Gasteiger partial charge is 0.462 e. The number of aromatic nitrogens is 1. The fourth-order valence-corrected chi connectivity index (χ4v) is 2.15. The van der Waals surface area contributed by atoms with Crippen molar-refractivity contribution in [2.75, 3.05) is 13.2 Å². The Morgan fingerprint density at radius 1 is 1.42 bits per heavy atom. The molecule has 0 fully saturated rings. The van der Waals surface area contributed by atoms with E-state index in [1.54, 1.807) is 6.92 Å². The maximum atomic E-state index is 12.7. The number of rotatable bonds is 8. The van der Waals surface area contributed by atoms with Crippen molar-refractivity contribution in [3.63, 3.8) is 0 Å². The number of pyridine rings is 1. The molecule has 0 aromatic carbocycles. The molecular weight excluding hydrogens is 355 g/mol. The number of ether oxygens (including phenoxy) is 1. The van der Waals surface area contributed by atoms with Crippen LogP contribution in [0.4, 0.5) is 0 Å². The minimum absolute atomic E-state index is 0.0443. The molecule has 0 aliphatic heterocycles. The third-order valence-electron chi connectivity index (χ3n) is 3.25. The second-order valence-corrected chi connectivity index (χ2v) is 6.09. The summed E-state index contributed by atoms with van der Waals surface area (Å²) in [5, 5.41) is 12.4. The lowest BCUT2D eigenvalue weighted by Crippen LogP contribution is -2.34. The number of carbonyl (C=O) groups excluding carboxylic acids is 2. The van der Waals surface area contributed by atoms with Gasteiger partial charge in [-0.15, -0.1) is 0 Å². The average molecular weight is 375 g/mol. The summed E-state index contributed by atoms with van der Waals surface area (Å²) in [6.07, 6.45) is 2.48. The summed E-state index contributed by atoms with van der Waals surface area (Å²) < 4.78 is 4.92. The van der Waals surface area contributed by atoms with E-state index in [1.165, 1.54) is 18.5 Å². The van der Waals surface area contributed by atoms with E-state index in [4.69, 9.17) is 27.9 Å². The van der Waals surface area contributed by atoms with Crippen LogP contribution in [0.3, 0.4) is 0 Å². The van der Waals surface area contributed by atoms with E-state index >= 15 is 0 Å². The molecule has 0 aliphatic carbocycles. The maximum Gasteiger partial charge on any atom is 0.343 e. The van der Waals surface area contributed by atoms with Gasteiger partial charge < -0.3 is 15.2 Å². The van der Waals surface area contributed by atoms with Crippen molar-refractivity contribution in [3.05, 3.63) is 39.8 Å². The van der Waals surface area contributed by atoms with E-state index in [0.717, 1.165) is 0 Å². The predicted octanol–water partition coefficient (Wildman–Crippen LogP) is 2.62. The van der Waals surface area contributed by atoms with Crippen LogP contribution in [-0.4, -0.2) is 41.1 Å². The van der Waals surface area contributed by atoms with Gasteiger partial charge in [0.05, 0.1) is 24.3 Å². The van der Waals surface area contributed by atoms with E-state index in [0.29, 0.717) is 0 Å². The first-order chi connectivity index (χ1) is 11.3. The molecule has 0 radical (unpaired) electrons. The fraction of sp³-hybridized carbons (Fsp3) is 0.438. The molecule has 0 bridgehead atoms. The highest BCUT2D eigenvalue weighted by Gasteiger charge is 2.24. The molecular formula is C16H20Cl2N2O4. The topological polar surface area (TPSA) is 88.5 Å². The lowest BCUT2D eigenvalue weighted by molar-refractivity contribution is -0.138. The normalized spacial score (nSPS) is 12.9. The Balaban J connectivity index is 3.20. The van der Waals surface area contributed by atoms with E-state index in [2.05, 4.69) is 10.3 Å². The highest BCUT2D eigenvalue weighted by atomic mass is 35.5. The van der Waals surface area contributed by atoms with Gasteiger partial charge in [-0.25, -0.2) is 9.78 Å². The van der Waals surface area contributed by atoms with Gasteiger partial charge in [-0.05, 0) is 18.9 Å². The van der Waals surface area contributed by atoms with Crippen molar-refractivity contribution < 1.29 is 19.4 Å². The van der Waals surface area contributed by atoms with Gasteiger partial charge in [-0.3, -0.25) is 4.79 Å². The first-order valence-electron chi connectivity index (χ1n) is 7.41. The summed E-state index contributed by atoms with van der Waals surface area (Å²) in [6, 6.07) is 0.962. The fourth-order valence-electron chi connectivity index (χ4n) is 1.80. The maximum absolute atomic E-state index is 12.7. The molecule has 2 N–H and O–H groups in total. The number of nitrogens with one attached hydrogen (secondary N) is 1. The van der Waals surface area contributed by atoms with Gasteiger partial charge in [-0.1, -0.05) is 37.0 Å². The molecule has 1 aromatic heterocycles. The van der Waals surface area contributed by atoms with Gasteiger partial charge in [0.1, 0.15) is 10.7 Å². The SMILES string of the molecule is CCOC(=O)/C(=C\N[C@H](CO)C(C)C)C(=O)c1cc(Cl)ncc1Cl. The average Bonchev–Trinajstić information content (AvgIpc) is 2.53. The van der Waals surface area contributed by atoms with Crippen molar-refractivity contribution in [3.8, 4) is 0 Å². The van der Waals surface area contributed by atoms with Gasteiger partial charge in [0.2, 0.25) is 5.78 Å². The summed E-state index contributed by atoms with van der Waals surface area (Å²) >= 11 is 11.8. The highest BCUT2D eigenvalue weighted by Crippen LogP contribution is 2.22. The second kappa shape index (κ2) is 9.61.